The average Bonchev–Trinajstić information content (AvgIpc) is 2.81. The number of aryl methyl sites for hydroxylation is 1. The normalized spacial score (nSPS) is 15.1. The van der Waals surface area contributed by atoms with Crippen LogP contribution in [0.2, 0.25) is 0 Å². The molecule has 8 nitrogen and oxygen atoms in total. The molecule has 0 spiro atoms. The zero-order chi connectivity index (χ0) is 20.3. The summed E-state index contributed by atoms with van der Waals surface area (Å²) in [5.41, 5.74) is 1.56. The summed E-state index contributed by atoms with van der Waals surface area (Å²) in [7, 11) is 0. The first kappa shape index (κ1) is 18.6. The van der Waals surface area contributed by atoms with E-state index in [1.165, 1.54) is 0 Å². The minimum Gasteiger partial charge on any atom is -0.338 e. The number of hydrogen-bond acceptors (Lipinski definition) is 7. The van der Waals surface area contributed by atoms with Gasteiger partial charge in [-0.15, -0.1) is 0 Å². The van der Waals surface area contributed by atoms with Gasteiger partial charge in [-0.05, 0) is 25.1 Å². The SMILES string of the molecule is O=c1c2cnc3ccccc3c2ncn1CCCN1CCN(c2ncccn2)CC1. The number of piperazine rings is 1. The van der Waals surface area contributed by atoms with Crippen molar-refractivity contribution in [3.05, 3.63) is 65.6 Å². The predicted octanol–water partition coefficient (Wildman–Crippen LogP) is 1.95. The summed E-state index contributed by atoms with van der Waals surface area (Å²) in [4.78, 5) is 35.2. The number of aromatic nitrogens is 5. The molecule has 30 heavy (non-hydrogen) atoms. The number of anilines is 1. The van der Waals surface area contributed by atoms with Crippen molar-refractivity contribution >= 4 is 27.8 Å². The number of fused-ring (bicyclic) bond motifs is 3. The van der Waals surface area contributed by atoms with E-state index in [1.807, 2.05) is 30.3 Å². The Labute approximate surface area is 173 Å². The molecule has 3 aromatic heterocycles. The highest BCUT2D eigenvalue weighted by atomic mass is 16.1. The summed E-state index contributed by atoms with van der Waals surface area (Å²) >= 11 is 0. The molecule has 1 aromatic carbocycles. The van der Waals surface area contributed by atoms with Crippen molar-refractivity contribution in [3.63, 3.8) is 0 Å². The highest BCUT2D eigenvalue weighted by molar-refractivity contribution is 6.02. The fourth-order valence-electron chi connectivity index (χ4n) is 4.01. The number of rotatable bonds is 5. The van der Waals surface area contributed by atoms with Gasteiger partial charge in [0.1, 0.15) is 0 Å². The van der Waals surface area contributed by atoms with Crippen molar-refractivity contribution in [2.45, 2.75) is 13.0 Å². The van der Waals surface area contributed by atoms with Crippen LogP contribution in [0, 0.1) is 0 Å². The lowest BCUT2D eigenvalue weighted by molar-refractivity contribution is 0.249. The Bertz CT molecular complexity index is 1220. The maximum Gasteiger partial charge on any atom is 0.262 e. The van der Waals surface area contributed by atoms with E-state index in [9.17, 15) is 4.79 Å². The lowest BCUT2D eigenvalue weighted by atomic mass is 10.1. The van der Waals surface area contributed by atoms with Gasteiger partial charge in [0.15, 0.2) is 0 Å². The van der Waals surface area contributed by atoms with Crippen LogP contribution in [-0.4, -0.2) is 62.1 Å². The zero-order valence-corrected chi connectivity index (χ0v) is 16.7. The summed E-state index contributed by atoms with van der Waals surface area (Å²) in [6, 6.07) is 9.62. The second kappa shape index (κ2) is 8.16. The molecule has 5 rings (SSSR count). The van der Waals surface area contributed by atoms with Crippen LogP contribution < -0.4 is 10.5 Å². The van der Waals surface area contributed by atoms with Crippen molar-refractivity contribution < 1.29 is 0 Å². The van der Waals surface area contributed by atoms with Gasteiger partial charge in [0.25, 0.3) is 5.56 Å². The van der Waals surface area contributed by atoms with Crippen LogP contribution in [0.5, 0.6) is 0 Å². The second-order valence-corrected chi connectivity index (χ2v) is 7.51. The average molecular weight is 401 g/mol. The van der Waals surface area contributed by atoms with Gasteiger partial charge in [0.05, 0.1) is 22.7 Å². The third kappa shape index (κ3) is 3.61. The molecule has 0 amide bonds. The molecular formula is C22H23N7O. The van der Waals surface area contributed by atoms with Crippen molar-refractivity contribution in [1.82, 2.24) is 29.4 Å². The first-order chi connectivity index (χ1) is 14.8. The Balaban J connectivity index is 1.21. The van der Waals surface area contributed by atoms with Crippen LogP contribution in [0.3, 0.4) is 0 Å². The molecule has 0 aliphatic carbocycles. The van der Waals surface area contributed by atoms with E-state index < -0.39 is 0 Å². The van der Waals surface area contributed by atoms with E-state index in [1.54, 1.807) is 29.5 Å². The van der Waals surface area contributed by atoms with Gasteiger partial charge in [0, 0.05) is 56.7 Å². The van der Waals surface area contributed by atoms with E-state index in [0.29, 0.717) is 11.9 Å². The summed E-state index contributed by atoms with van der Waals surface area (Å²) in [5.74, 6) is 0.798. The monoisotopic (exact) mass is 401 g/mol. The molecule has 0 atom stereocenters. The third-order valence-electron chi connectivity index (χ3n) is 5.65. The fourth-order valence-corrected chi connectivity index (χ4v) is 4.01. The van der Waals surface area contributed by atoms with Crippen LogP contribution in [-0.2, 0) is 6.54 Å². The van der Waals surface area contributed by atoms with E-state index in [2.05, 4.69) is 29.7 Å². The van der Waals surface area contributed by atoms with Gasteiger partial charge in [-0.1, -0.05) is 18.2 Å². The van der Waals surface area contributed by atoms with Crippen LogP contribution in [0.25, 0.3) is 21.8 Å². The quantitative estimate of drug-likeness (QED) is 0.473. The molecule has 4 heterocycles. The topological polar surface area (TPSA) is 80.0 Å². The molecule has 1 aliphatic heterocycles. The standard InChI is InChI=1S/C22H23N7O/c30-21-18-15-25-19-6-2-1-5-17(19)20(18)26-16-29(21)10-4-9-27-11-13-28(14-12-27)22-23-7-3-8-24-22/h1-3,5-8,15-16H,4,9-14H2. The van der Waals surface area contributed by atoms with Crippen molar-refractivity contribution in [2.24, 2.45) is 0 Å². The lowest BCUT2D eigenvalue weighted by Gasteiger charge is -2.34. The van der Waals surface area contributed by atoms with Crippen molar-refractivity contribution in [2.75, 3.05) is 37.6 Å². The second-order valence-electron chi connectivity index (χ2n) is 7.51. The van der Waals surface area contributed by atoms with Crippen LogP contribution in [0.15, 0.2) is 60.0 Å². The lowest BCUT2D eigenvalue weighted by Crippen LogP contribution is -2.47. The van der Waals surface area contributed by atoms with E-state index in [0.717, 1.165) is 61.5 Å². The smallest absolute Gasteiger partial charge is 0.262 e. The Hall–Kier alpha value is -3.39. The Kier molecular flexibility index (Phi) is 5.06. The zero-order valence-electron chi connectivity index (χ0n) is 16.7. The molecule has 1 aliphatic rings. The van der Waals surface area contributed by atoms with Gasteiger partial charge < -0.3 is 4.90 Å². The Morgan fingerprint density at radius 2 is 1.63 bits per heavy atom. The summed E-state index contributed by atoms with van der Waals surface area (Å²) in [6.45, 7) is 5.37. The van der Waals surface area contributed by atoms with E-state index in [-0.39, 0.29) is 5.56 Å². The van der Waals surface area contributed by atoms with Gasteiger partial charge in [0.2, 0.25) is 5.95 Å². The highest BCUT2D eigenvalue weighted by Gasteiger charge is 2.18. The summed E-state index contributed by atoms with van der Waals surface area (Å²) in [6.07, 6.45) is 7.77. The molecule has 0 N–H and O–H groups in total. The van der Waals surface area contributed by atoms with Crippen molar-refractivity contribution in [3.8, 4) is 0 Å². The summed E-state index contributed by atoms with van der Waals surface area (Å²) < 4.78 is 1.70. The number of benzene rings is 1. The molecule has 0 radical (unpaired) electrons. The third-order valence-corrected chi connectivity index (χ3v) is 5.65. The fraction of sp³-hybridized carbons (Fsp3) is 0.318. The van der Waals surface area contributed by atoms with Gasteiger partial charge in [-0.25, -0.2) is 15.0 Å². The first-order valence-corrected chi connectivity index (χ1v) is 10.3. The number of nitrogens with zero attached hydrogens (tertiary/aromatic N) is 7. The molecule has 0 bridgehead atoms. The van der Waals surface area contributed by atoms with Crippen LogP contribution in [0.1, 0.15) is 6.42 Å². The number of pyridine rings is 1. The molecule has 4 aromatic rings. The Morgan fingerprint density at radius 1 is 0.833 bits per heavy atom. The molecule has 1 saturated heterocycles. The van der Waals surface area contributed by atoms with Gasteiger partial charge >= 0.3 is 0 Å². The first-order valence-electron chi connectivity index (χ1n) is 10.3. The van der Waals surface area contributed by atoms with Gasteiger partial charge in [-0.2, -0.15) is 0 Å². The number of hydrogen-bond donors (Lipinski definition) is 0. The predicted molar refractivity (Wildman–Crippen MR) is 117 cm³/mol. The maximum absolute atomic E-state index is 12.9. The molecule has 8 heteroatoms. The minimum atomic E-state index is -0.0238. The van der Waals surface area contributed by atoms with Crippen LogP contribution >= 0.6 is 0 Å². The van der Waals surface area contributed by atoms with Gasteiger partial charge in [-0.3, -0.25) is 19.2 Å². The molecule has 0 unspecified atom stereocenters. The van der Waals surface area contributed by atoms with E-state index >= 15 is 0 Å². The molecule has 0 saturated carbocycles. The molecule has 152 valence electrons. The number of para-hydroxylation sites is 1. The maximum atomic E-state index is 12.9. The largest absolute Gasteiger partial charge is 0.338 e. The highest BCUT2D eigenvalue weighted by Crippen LogP contribution is 2.18. The minimum absolute atomic E-state index is 0.0238. The Morgan fingerprint density at radius 3 is 2.47 bits per heavy atom. The molecular weight excluding hydrogens is 378 g/mol. The van der Waals surface area contributed by atoms with Crippen LogP contribution in [0.4, 0.5) is 5.95 Å². The van der Waals surface area contributed by atoms with E-state index in [4.69, 9.17) is 0 Å². The van der Waals surface area contributed by atoms with Crippen molar-refractivity contribution in [1.29, 1.82) is 0 Å². The molecule has 1 fully saturated rings. The summed E-state index contributed by atoms with van der Waals surface area (Å²) in [5, 5.41) is 1.49.